The lowest BCUT2D eigenvalue weighted by atomic mass is 10.0. The number of aryl methyl sites for hydroxylation is 2. The Balaban J connectivity index is 2.70. The van der Waals surface area contributed by atoms with Crippen LogP contribution < -0.4 is 5.32 Å². The maximum absolute atomic E-state index is 11.9. The van der Waals surface area contributed by atoms with Crippen LogP contribution in [0, 0.1) is 13.8 Å². The van der Waals surface area contributed by atoms with Crippen LogP contribution in [0.1, 0.15) is 42.3 Å². The third-order valence-electron chi connectivity index (χ3n) is 2.61. The van der Waals surface area contributed by atoms with Gasteiger partial charge in [-0.05, 0) is 51.8 Å². The van der Waals surface area contributed by atoms with Crippen molar-refractivity contribution in [1.29, 1.82) is 0 Å². The summed E-state index contributed by atoms with van der Waals surface area (Å²) >= 11 is 0. The van der Waals surface area contributed by atoms with Crippen LogP contribution in [0.2, 0.25) is 0 Å². The summed E-state index contributed by atoms with van der Waals surface area (Å²) in [6.07, 6.45) is 0. The molecular weight excluding hydrogens is 198 g/mol. The Morgan fingerprint density at radius 3 is 2.31 bits per heavy atom. The molecule has 1 N–H and O–H groups in total. The van der Waals surface area contributed by atoms with Crippen molar-refractivity contribution in [3.8, 4) is 0 Å². The molecule has 1 rings (SSSR count). The fourth-order valence-electron chi connectivity index (χ4n) is 1.36. The molecule has 0 heterocycles. The number of benzene rings is 1. The lowest BCUT2D eigenvalue weighted by Crippen LogP contribution is -2.39. The van der Waals surface area contributed by atoms with Gasteiger partial charge in [0.15, 0.2) is 5.78 Å². The Bertz CT molecular complexity index is 388. The highest BCUT2D eigenvalue weighted by Gasteiger charge is 2.12. The molecule has 0 saturated heterocycles. The molecule has 0 saturated carbocycles. The Morgan fingerprint density at radius 1 is 1.19 bits per heavy atom. The van der Waals surface area contributed by atoms with E-state index < -0.39 is 0 Å². The van der Waals surface area contributed by atoms with E-state index in [0.29, 0.717) is 6.54 Å². The highest BCUT2D eigenvalue weighted by molar-refractivity contribution is 5.97. The molecule has 16 heavy (non-hydrogen) atoms. The maximum Gasteiger partial charge on any atom is 0.176 e. The minimum atomic E-state index is -0.0185. The largest absolute Gasteiger partial charge is 0.305 e. The smallest absolute Gasteiger partial charge is 0.176 e. The number of hydrogen-bond donors (Lipinski definition) is 1. The first kappa shape index (κ1) is 12.9. The standard InChI is InChI=1S/C14H21NO/c1-10-6-7-12(8-11(10)2)13(16)9-15-14(3,4)5/h6-8,15H,9H2,1-5H3. The third-order valence-corrected chi connectivity index (χ3v) is 2.61. The topological polar surface area (TPSA) is 29.1 Å². The second-order valence-corrected chi connectivity index (χ2v) is 5.33. The van der Waals surface area contributed by atoms with Gasteiger partial charge < -0.3 is 5.32 Å². The predicted molar refractivity (Wildman–Crippen MR) is 68.0 cm³/mol. The van der Waals surface area contributed by atoms with E-state index in [2.05, 4.69) is 33.0 Å². The second kappa shape index (κ2) is 4.79. The molecule has 2 nitrogen and oxygen atoms in total. The monoisotopic (exact) mass is 219 g/mol. The minimum Gasteiger partial charge on any atom is -0.305 e. The number of Topliss-reactive ketones (excluding diaryl/α,β-unsaturated/α-hetero) is 1. The molecule has 1 aromatic rings. The van der Waals surface area contributed by atoms with Gasteiger partial charge in [-0.1, -0.05) is 12.1 Å². The van der Waals surface area contributed by atoms with Crippen LogP contribution in [0.15, 0.2) is 18.2 Å². The van der Waals surface area contributed by atoms with Crippen molar-refractivity contribution in [2.24, 2.45) is 0 Å². The first-order valence-corrected chi connectivity index (χ1v) is 5.65. The van der Waals surface area contributed by atoms with Gasteiger partial charge in [0.25, 0.3) is 0 Å². The molecule has 0 fully saturated rings. The van der Waals surface area contributed by atoms with Crippen LogP contribution in [0.5, 0.6) is 0 Å². The van der Waals surface area contributed by atoms with E-state index in [4.69, 9.17) is 0 Å². The van der Waals surface area contributed by atoms with Crippen LogP contribution >= 0.6 is 0 Å². The van der Waals surface area contributed by atoms with Crippen molar-refractivity contribution in [2.75, 3.05) is 6.54 Å². The average Bonchev–Trinajstić information content (AvgIpc) is 2.17. The molecule has 0 aromatic heterocycles. The zero-order chi connectivity index (χ0) is 12.3. The van der Waals surface area contributed by atoms with E-state index >= 15 is 0 Å². The number of nitrogens with one attached hydrogen (secondary N) is 1. The molecule has 88 valence electrons. The van der Waals surface area contributed by atoms with Gasteiger partial charge in [-0.25, -0.2) is 0 Å². The van der Waals surface area contributed by atoms with E-state index in [0.717, 1.165) is 5.56 Å². The molecule has 0 spiro atoms. The molecular formula is C14H21NO. The fraction of sp³-hybridized carbons (Fsp3) is 0.500. The molecule has 0 radical (unpaired) electrons. The van der Waals surface area contributed by atoms with E-state index in [1.54, 1.807) is 0 Å². The Hall–Kier alpha value is -1.15. The van der Waals surface area contributed by atoms with Crippen molar-refractivity contribution in [3.63, 3.8) is 0 Å². The number of rotatable bonds is 3. The van der Waals surface area contributed by atoms with Crippen molar-refractivity contribution >= 4 is 5.78 Å². The number of ketones is 1. The minimum absolute atomic E-state index is 0.0185. The van der Waals surface area contributed by atoms with Crippen molar-refractivity contribution in [2.45, 2.75) is 40.2 Å². The Labute approximate surface area is 98.1 Å². The Kier molecular flexibility index (Phi) is 3.87. The summed E-state index contributed by atoms with van der Waals surface area (Å²) in [5.41, 5.74) is 3.16. The third kappa shape index (κ3) is 3.78. The van der Waals surface area contributed by atoms with Gasteiger partial charge in [0, 0.05) is 11.1 Å². The van der Waals surface area contributed by atoms with Crippen LogP contribution in [0.3, 0.4) is 0 Å². The predicted octanol–water partition coefficient (Wildman–Crippen LogP) is 2.87. The molecule has 0 bridgehead atoms. The van der Waals surface area contributed by atoms with Crippen LogP contribution in [-0.4, -0.2) is 17.9 Å². The summed E-state index contributed by atoms with van der Waals surface area (Å²) in [5.74, 6) is 0.151. The van der Waals surface area contributed by atoms with Gasteiger partial charge in [0.2, 0.25) is 0 Å². The summed E-state index contributed by atoms with van der Waals surface area (Å²) in [6, 6.07) is 5.86. The number of hydrogen-bond acceptors (Lipinski definition) is 2. The molecule has 0 aliphatic rings. The quantitative estimate of drug-likeness (QED) is 0.792. The van der Waals surface area contributed by atoms with Gasteiger partial charge in [-0.3, -0.25) is 4.79 Å². The number of carbonyl (C=O) groups is 1. The Morgan fingerprint density at radius 2 is 1.81 bits per heavy atom. The van der Waals surface area contributed by atoms with E-state index in [1.165, 1.54) is 11.1 Å². The highest BCUT2D eigenvalue weighted by Crippen LogP contribution is 2.10. The lowest BCUT2D eigenvalue weighted by molar-refractivity contribution is 0.0982. The van der Waals surface area contributed by atoms with Crippen molar-refractivity contribution < 1.29 is 4.79 Å². The summed E-state index contributed by atoms with van der Waals surface area (Å²) in [4.78, 5) is 11.9. The molecule has 0 unspecified atom stereocenters. The van der Waals surface area contributed by atoms with Crippen molar-refractivity contribution in [1.82, 2.24) is 5.32 Å². The van der Waals surface area contributed by atoms with Gasteiger partial charge in [0.05, 0.1) is 6.54 Å². The molecule has 0 aliphatic heterocycles. The average molecular weight is 219 g/mol. The zero-order valence-corrected chi connectivity index (χ0v) is 10.8. The maximum atomic E-state index is 11.9. The summed E-state index contributed by atoms with van der Waals surface area (Å²) in [5, 5.41) is 3.20. The number of carbonyl (C=O) groups excluding carboxylic acids is 1. The van der Waals surface area contributed by atoms with E-state index in [1.807, 2.05) is 25.1 Å². The van der Waals surface area contributed by atoms with Crippen LogP contribution in [0.25, 0.3) is 0 Å². The first-order valence-electron chi connectivity index (χ1n) is 5.65. The molecule has 0 atom stereocenters. The van der Waals surface area contributed by atoms with Crippen molar-refractivity contribution in [3.05, 3.63) is 34.9 Å². The summed E-state index contributed by atoms with van der Waals surface area (Å²) < 4.78 is 0. The highest BCUT2D eigenvalue weighted by atomic mass is 16.1. The molecule has 0 amide bonds. The molecule has 1 aromatic carbocycles. The zero-order valence-electron chi connectivity index (χ0n) is 10.8. The lowest BCUT2D eigenvalue weighted by Gasteiger charge is -2.19. The summed E-state index contributed by atoms with van der Waals surface area (Å²) in [6.45, 7) is 10.6. The molecule has 2 heteroatoms. The SMILES string of the molecule is Cc1ccc(C(=O)CNC(C)(C)C)cc1C. The van der Waals surface area contributed by atoms with E-state index in [-0.39, 0.29) is 11.3 Å². The van der Waals surface area contributed by atoms with Crippen LogP contribution in [-0.2, 0) is 0 Å². The second-order valence-electron chi connectivity index (χ2n) is 5.33. The van der Waals surface area contributed by atoms with E-state index in [9.17, 15) is 4.79 Å². The van der Waals surface area contributed by atoms with Gasteiger partial charge in [-0.15, -0.1) is 0 Å². The van der Waals surface area contributed by atoms with Gasteiger partial charge >= 0.3 is 0 Å². The molecule has 0 aliphatic carbocycles. The van der Waals surface area contributed by atoms with Crippen LogP contribution in [0.4, 0.5) is 0 Å². The summed E-state index contributed by atoms with van der Waals surface area (Å²) in [7, 11) is 0. The first-order chi connectivity index (χ1) is 7.29. The van der Waals surface area contributed by atoms with Gasteiger partial charge in [0.1, 0.15) is 0 Å². The van der Waals surface area contributed by atoms with Gasteiger partial charge in [-0.2, -0.15) is 0 Å². The fourth-order valence-corrected chi connectivity index (χ4v) is 1.36. The normalized spacial score (nSPS) is 11.6.